The first-order valence-corrected chi connectivity index (χ1v) is 10.5. The highest BCUT2D eigenvalue weighted by atomic mass is 32.2. The largest absolute Gasteiger partial charge is 0.357 e. The number of aromatic nitrogens is 3. The van der Waals surface area contributed by atoms with Crippen molar-refractivity contribution in [1.29, 1.82) is 0 Å². The molecular weight excluding hydrogens is 370 g/mol. The molecule has 6 nitrogen and oxygen atoms in total. The molecule has 3 heterocycles. The van der Waals surface area contributed by atoms with E-state index in [1.54, 1.807) is 6.20 Å². The Morgan fingerprint density at radius 2 is 1.93 bits per heavy atom. The summed E-state index contributed by atoms with van der Waals surface area (Å²) in [5.74, 6) is 1.90. The minimum atomic E-state index is -0.0714. The molecule has 28 heavy (non-hydrogen) atoms. The molecule has 1 N–H and O–H groups in total. The normalized spacial score (nSPS) is 14.2. The van der Waals surface area contributed by atoms with E-state index in [1.165, 1.54) is 31.0 Å². The van der Waals surface area contributed by atoms with Gasteiger partial charge in [-0.25, -0.2) is 15.0 Å². The van der Waals surface area contributed by atoms with Crippen molar-refractivity contribution in [3.8, 4) is 0 Å². The molecule has 0 radical (unpaired) electrons. The molecule has 0 bridgehead atoms. The molecule has 1 fully saturated rings. The molecule has 0 saturated carbocycles. The van der Waals surface area contributed by atoms with E-state index in [0.29, 0.717) is 5.82 Å². The molecule has 144 valence electrons. The molecule has 7 heteroatoms. The van der Waals surface area contributed by atoms with Crippen molar-refractivity contribution in [2.75, 3.05) is 29.1 Å². The lowest BCUT2D eigenvalue weighted by molar-refractivity contribution is -0.113. The number of amides is 1. The Morgan fingerprint density at radius 3 is 2.71 bits per heavy atom. The van der Waals surface area contributed by atoms with Crippen LogP contribution in [0.15, 0.2) is 47.6 Å². The summed E-state index contributed by atoms with van der Waals surface area (Å²) in [4.78, 5) is 28.1. The fourth-order valence-corrected chi connectivity index (χ4v) is 4.23. The number of carbonyl (C=O) groups is 1. The molecule has 1 aliphatic rings. The predicted octanol–water partition coefficient (Wildman–Crippen LogP) is 4.05. The van der Waals surface area contributed by atoms with Crippen LogP contribution >= 0.6 is 11.8 Å². The smallest absolute Gasteiger partial charge is 0.234 e. The van der Waals surface area contributed by atoms with Crippen LogP contribution in [-0.4, -0.2) is 39.7 Å². The van der Waals surface area contributed by atoms with Gasteiger partial charge in [0.2, 0.25) is 5.91 Å². The average molecular weight is 394 g/mol. The van der Waals surface area contributed by atoms with Crippen molar-refractivity contribution in [2.24, 2.45) is 0 Å². The summed E-state index contributed by atoms with van der Waals surface area (Å²) in [6.07, 6.45) is 5.46. The zero-order valence-corrected chi connectivity index (χ0v) is 16.7. The topological polar surface area (TPSA) is 71.0 Å². The minimum absolute atomic E-state index is 0.0714. The quantitative estimate of drug-likeness (QED) is 0.521. The second kappa shape index (κ2) is 8.56. The van der Waals surface area contributed by atoms with Gasteiger partial charge in [0.05, 0.1) is 23.2 Å². The fourth-order valence-electron chi connectivity index (χ4n) is 3.37. The van der Waals surface area contributed by atoms with Crippen LogP contribution in [-0.2, 0) is 4.79 Å². The van der Waals surface area contributed by atoms with Gasteiger partial charge in [-0.2, -0.15) is 0 Å². The fraction of sp³-hybridized carbons (Fsp3) is 0.333. The first-order chi connectivity index (χ1) is 13.7. The molecule has 0 spiro atoms. The van der Waals surface area contributed by atoms with E-state index in [2.05, 4.69) is 25.2 Å². The number of anilines is 2. The summed E-state index contributed by atoms with van der Waals surface area (Å²) in [6.45, 7) is 3.98. The van der Waals surface area contributed by atoms with Crippen molar-refractivity contribution in [2.45, 2.75) is 31.2 Å². The van der Waals surface area contributed by atoms with E-state index in [9.17, 15) is 4.79 Å². The van der Waals surface area contributed by atoms with E-state index in [-0.39, 0.29) is 11.7 Å². The molecule has 1 saturated heterocycles. The van der Waals surface area contributed by atoms with Crippen LogP contribution in [0.25, 0.3) is 10.9 Å². The molecule has 0 aliphatic carbocycles. The number of hydrogen-bond acceptors (Lipinski definition) is 6. The predicted molar refractivity (Wildman–Crippen MR) is 114 cm³/mol. The van der Waals surface area contributed by atoms with Crippen LogP contribution in [0, 0.1) is 6.92 Å². The van der Waals surface area contributed by atoms with Gasteiger partial charge in [-0.05, 0) is 44.4 Å². The molecule has 0 atom stereocenters. The third-order valence-electron chi connectivity index (χ3n) is 4.73. The Kier molecular flexibility index (Phi) is 5.71. The number of hydrogen-bond donors (Lipinski definition) is 1. The highest BCUT2D eigenvalue weighted by Gasteiger charge is 2.13. The third-order valence-corrected chi connectivity index (χ3v) is 5.72. The number of nitrogens with zero attached hydrogens (tertiary/aromatic N) is 4. The lowest BCUT2D eigenvalue weighted by Gasteiger charge is -2.27. The Balaban J connectivity index is 1.37. The number of fused-ring (bicyclic) bond motifs is 1. The molecule has 2 aromatic heterocycles. The van der Waals surface area contributed by atoms with Gasteiger partial charge in [-0.15, -0.1) is 0 Å². The first-order valence-electron chi connectivity index (χ1n) is 9.56. The van der Waals surface area contributed by atoms with Gasteiger partial charge in [0.15, 0.2) is 0 Å². The Labute approximate surface area is 168 Å². The maximum atomic E-state index is 12.4. The number of pyridine rings is 1. The number of benzene rings is 1. The molecule has 4 rings (SSSR count). The van der Waals surface area contributed by atoms with Gasteiger partial charge < -0.3 is 10.2 Å². The van der Waals surface area contributed by atoms with E-state index in [4.69, 9.17) is 0 Å². The molecular formula is C21H23N5OS. The summed E-state index contributed by atoms with van der Waals surface area (Å²) in [6, 6.07) is 11.8. The van der Waals surface area contributed by atoms with Crippen LogP contribution in [0.5, 0.6) is 0 Å². The van der Waals surface area contributed by atoms with Gasteiger partial charge in [0.1, 0.15) is 16.7 Å². The van der Waals surface area contributed by atoms with Gasteiger partial charge in [0.25, 0.3) is 0 Å². The van der Waals surface area contributed by atoms with Crippen molar-refractivity contribution in [1.82, 2.24) is 15.0 Å². The molecule has 0 unspecified atom stereocenters. The van der Waals surface area contributed by atoms with Crippen LogP contribution in [0.3, 0.4) is 0 Å². The standard InChI is InChI=1S/C21H23N5OS/c1-15-23-18-8-4-3-7-17(18)21(24-15)28-14-20(27)25-16-9-10-19(22-13-16)26-11-5-2-6-12-26/h3-4,7-10,13H,2,5-6,11-12,14H2,1H3,(H,25,27). The second-order valence-electron chi connectivity index (χ2n) is 6.88. The third kappa shape index (κ3) is 4.42. The van der Waals surface area contributed by atoms with E-state index in [1.807, 2.05) is 43.3 Å². The molecule has 1 aliphatic heterocycles. The van der Waals surface area contributed by atoms with E-state index < -0.39 is 0 Å². The van der Waals surface area contributed by atoms with Gasteiger partial charge in [-0.1, -0.05) is 30.0 Å². The van der Waals surface area contributed by atoms with Crippen LogP contribution < -0.4 is 10.2 Å². The highest BCUT2D eigenvalue weighted by molar-refractivity contribution is 8.00. The lowest BCUT2D eigenvalue weighted by atomic mass is 10.1. The highest BCUT2D eigenvalue weighted by Crippen LogP contribution is 2.25. The van der Waals surface area contributed by atoms with Crippen molar-refractivity contribution < 1.29 is 4.79 Å². The summed E-state index contributed by atoms with van der Waals surface area (Å²) in [7, 11) is 0. The number of carbonyl (C=O) groups excluding carboxylic acids is 1. The van der Waals surface area contributed by atoms with Crippen molar-refractivity contribution in [3.05, 3.63) is 48.4 Å². The SMILES string of the molecule is Cc1nc(SCC(=O)Nc2ccc(N3CCCCC3)nc2)c2ccccc2n1. The maximum Gasteiger partial charge on any atom is 0.234 e. The van der Waals surface area contributed by atoms with Crippen LogP contribution in [0.1, 0.15) is 25.1 Å². The Morgan fingerprint density at radius 1 is 1.11 bits per heavy atom. The zero-order chi connectivity index (χ0) is 19.3. The average Bonchev–Trinajstić information content (AvgIpc) is 2.73. The monoisotopic (exact) mass is 393 g/mol. The van der Waals surface area contributed by atoms with Crippen molar-refractivity contribution >= 4 is 40.1 Å². The molecule has 3 aromatic rings. The van der Waals surface area contributed by atoms with Crippen molar-refractivity contribution in [3.63, 3.8) is 0 Å². The summed E-state index contributed by atoms with van der Waals surface area (Å²) >= 11 is 1.43. The number of aryl methyl sites for hydroxylation is 1. The molecule has 1 amide bonds. The van der Waals surface area contributed by atoms with Gasteiger partial charge in [-0.3, -0.25) is 4.79 Å². The number of rotatable bonds is 5. The molecule has 1 aromatic carbocycles. The van der Waals surface area contributed by atoms with Gasteiger partial charge in [0, 0.05) is 18.5 Å². The second-order valence-corrected chi connectivity index (χ2v) is 7.85. The zero-order valence-electron chi connectivity index (χ0n) is 15.9. The lowest BCUT2D eigenvalue weighted by Crippen LogP contribution is -2.30. The van der Waals surface area contributed by atoms with Gasteiger partial charge >= 0.3 is 0 Å². The Bertz CT molecular complexity index is 970. The first kappa shape index (κ1) is 18.7. The van der Waals surface area contributed by atoms with E-state index in [0.717, 1.165) is 40.5 Å². The van der Waals surface area contributed by atoms with Crippen LogP contribution in [0.2, 0.25) is 0 Å². The Hall–Kier alpha value is -2.67. The number of nitrogens with one attached hydrogen (secondary N) is 1. The summed E-state index contributed by atoms with van der Waals surface area (Å²) < 4.78 is 0. The number of para-hydroxylation sites is 1. The number of piperidine rings is 1. The van der Waals surface area contributed by atoms with Crippen LogP contribution in [0.4, 0.5) is 11.5 Å². The minimum Gasteiger partial charge on any atom is -0.357 e. The summed E-state index contributed by atoms with van der Waals surface area (Å²) in [5.41, 5.74) is 1.62. The number of thioether (sulfide) groups is 1. The maximum absolute atomic E-state index is 12.4. The summed E-state index contributed by atoms with van der Waals surface area (Å²) in [5, 5.41) is 4.72. The van der Waals surface area contributed by atoms with E-state index >= 15 is 0 Å².